The quantitative estimate of drug-likeness (QED) is 0.304. The molecule has 2 aliphatic rings. The zero-order valence-corrected chi connectivity index (χ0v) is 21.5. The molecule has 30 heavy (non-hydrogen) atoms. The van der Waals surface area contributed by atoms with E-state index < -0.39 is 0 Å². The van der Waals surface area contributed by atoms with Crippen LogP contribution in [0.25, 0.3) is 0 Å². The molecule has 3 rings (SSSR count). The first-order valence-corrected chi connectivity index (χ1v) is 11.6. The molecule has 2 fully saturated rings. The lowest BCUT2D eigenvalue weighted by molar-refractivity contribution is 0.150. The van der Waals surface area contributed by atoms with Crippen molar-refractivity contribution in [2.75, 3.05) is 33.7 Å². The van der Waals surface area contributed by atoms with E-state index in [1.165, 1.54) is 57.2 Å². The molecule has 0 radical (unpaired) electrons. The van der Waals surface area contributed by atoms with Gasteiger partial charge in [0.25, 0.3) is 0 Å². The molecule has 1 aliphatic carbocycles. The molecule has 0 spiro atoms. The van der Waals surface area contributed by atoms with Gasteiger partial charge in [0.05, 0.1) is 0 Å². The molecule has 1 unspecified atom stereocenters. The third-order valence-electron chi connectivity index (χ3n) is 6.82. The molecule has 170 valence electrons. The van der Waals surface area contributed by atoms with Gasteiger partial charge in [-0.25, -0.2) is 0 Å². The summed E-state index contributed by atoms with van der Waals surface area (Å²) in [4.78, 5) is 9.61. The van der Waals surface area contributed by atoms with Crippen molar-refractivity contribution in [3.63, 3.8) is 0 Å². The number of hydrogen-bond donors (Lipinski definition) is 2. The molecule has 0 aromatic heterocycles. The molecular formula is C24H42IN5. The van der Waals surface area contributed by atoms with Gasteiger partial charge < -0.3 is 15.5 Å². The van der Waals surface area contributed by atoms with E-state index in [4.69, 9.17) is 0 Å². The highest BCUT2D eigenvalue weighted by atomic mass is 127. The Bertz CT molecular complexity index is 609. The molecule has 0 amide bonds. The molecule has 1 saturated heterocycles. The molecule has 1 atom stereocenters. The van der Waals surface area contributed by atoms with E-state index in [9.17, 15) is 0 Å². The van der Waals surface area contributed by atoms with Crippen LogP contribution >= 0.6 is 24.0 Å². The summed E-state index contributed by atoms with van der Waals surface area (Å²) in [5.41, 5.74) is 1.37. The molecule has 2 N–H and O–H groups in total. The van der Waals surface area contributed by atoms with Crippen molar-refractivity contribution in [1.29, 1.82) is 0 Å². The normalized spacial score (nSPS) is 20.2. The molecule has 0 bridgehead atoms. The summed E-state index contributed by atoms with van der Waals surface area (Å²) in [6, 6.07) is 12.6. The number of aliphatic imine (C=N–C) groups is 1. The van der Waals surface area contributed by atoms with Gasteiger partial charge in [0.15, 0.2) is 5.96 Å². The molecule has 1 saturated carbocycles. The van der Waals surface area contributed by atoms with Crippen LogP contribution in [0.5, 0.6) is 0 Å². The number of benzene rings is 1. The first kappa shape index (κ1) is 25.4. The first-order valence-electron chi connectivity index (χ1n) is 11.6. The first-order chi connectivity index (χ1) is 14.2. The average Bonchev–Trinajstić information content (AvgIpc) is 3.29. The number of nitrogens with one attached hydrogen (secondary N) is 2. The van der Waals surface area contributed by atoms with E-state index in [1.54, 1.807) is 0 Å². The van der Waals surface area contributed by atoms with Gasteiger partial charge in [0, 0.05) is 51.4 Å². The van der Waals surface area contributed by atoms with E-state index >= 15 is 0 Å². The Kier molecular flexibility index (Phi) is 11.5. The maximum atomic E-state index is 4.46. The van der Waals surface area contributed by atoms with Gasteiger partial charge in [0.2, 0.25) is 0 Å². The summed E-state index contributed by atoms with van der Waals surface area (Å²) in [6.45, 7) is 6.72. The van der Waals surface area contributed by atoms with E-state index in [2.05, 4.69) is 69.7 Å². The standard InChI is InChI=1S/C24H41N5.HI/c1-20(28(3)19-21-9-5-4-6-10-21)13-16-26-24(25-2)27-22-14-17-29(18-15-22)23-11-7-8-12-23;/h4-6,9-10,20,22-23H,7-8,11-19H2,1-3H3,(H2,25,26,27);1H. The minimum atomic E-state index is 0. The Morgan fingerprint density at radius 3 is 2.43 bits per heavy atom. The summed E-state index contributed by atoms with van der Waals surface area (Å²) in [7, 11) is 4.09. The molecule has 1 aliphatic heterocycles. The highest BCUT2D eigenvalue weighted by molar-refractivity contribution is 14.0. The largest absolute Gasteiger partial charge is 0.356 e. The van der Waals surface area contributed by atoms with Crippen LogP contribution in [0.15, 0.2) is 35.3 Å². The van der Waals surface area contributed by atoms with Crippen LogP contribution in [0.1, 0.15) is 57.4 Å². The molecule has 6 heteroatoms. The summed E-state index contributed by atoms with van der Waals surface area (Å²) in [6.07, 6.45) is 9.25. The Morgan fingerprint density at radius 1 is 1.13 bits per heavy atom. The van der Waals surface area contributed by atoms with Crippen molar-refractivity contribution in [3.8, 4) is 0 Å². The fourth-order valence-corrected chi connectivity index (χ4v) is 4.71. The lowest BCUT2D eigenvalue weighted by Gasteiger charge is -2.36. The van der Waals surface area contributed by atoms with E-state index in [1.807, 2.05) is 7.05 Å². The highest BCUT2D eigenvalue weighted by Crippen LogP contribution is 2.26. The SMILES string of the molecule is CN=C(NCCC(C)N(C)Cc1ccccc1)NC1CCN(C2CCCC2)CC1.I. The smallest absolute Gasteiger partial charge is 0.191 e. The van der Waals surface area contributed by atoms with Crippen molar-refractivity contribution in [1.82, 2.24) is 20.4 Å². The molecule has 1 heterocycles. The van der Waals surface area contributed by atoms with Gasteiger partial charge in [-0.05, 0) is 51.6 Å². The topological polar surface area (TPSA) is 42.9 Å². The summed E-state index contributed by atoms with van der Waals surface area (Å²) in [5.74, 6) is 0.960. The minimum absolute atomic E-state index is 0. The third-order valence-corrected chi connectivity index (χ3v) is 6.82. The lowest BCUT2D eigenvalue weighted by atomic mass is 10.0. The second kappa shape index (κ2) is 13.5. The predicted molar refractivity (Wildman–Crippen MR) is 139 cm³/mol. The third kappa shape index (κ3) is 8.00. The van der Waals surface area contributed by atoms with Gasteiger partial charge in [-0.3, -0.25) is 9.89 Å². The number of nitrogens with zero attached hydrogens (tertiary/aromatic N) is 3. The van der Waals surface area contributed by atoms with Gasteiger partial charge in [0.1, 0.15) is 0 Å². The number of hydrogen-bond acceptors (Lipinski definition) is 3. The molecular weight excluding hydrogens is 485 g/mol. The van der Waals surface area contributed by atoms with Crippen molar-refractivity contribution >= 4 is 29.9 Å². The Labute approximate surface area is 201 Å². The Hall–Kier alpha value is -0.860. The Morgan fingerprint density at radius 2 is 1.80 bits per heavy atom. The van der Waals surface area contributed by atoms with Crippen LogP contribution in [0.3, 0.4) is 0 Å². The predicted octanol–water partition coefficient (Wildman–Crippen LogP) is 4.09. The van der Waals surface area contributed by atoms with E-state index in [0.29, 0.717) is 12.1 Å². The van der Waals surface area contributed by atoms with Crippen LogP contribution in [-0.2, 0) is 6.54 Å². The van der Waals surface area contributed by atoms with Crippen molar-refractivity contribution in [3.05, 3.63) is 35.9 Å². The highest BCUT2D eigenvalue weighted by Gasteiger charge is 2.27. The number of likely N-dealkylation sites (tertiary alicyclic amines) is 1. The van der Waals surface area contributed by atoms with Crippen LogP contribution in [0.4, 0.5) is 0 Å². The maximum absolute atomic E-state index is 4.46. The Balaban J connectivity index is 0.00000320. The molecule has 1 aromatic carbocycles. The summed E-state index contributed by atoms with van der Waals surface area (Å²) >= 11 is 0. The van der Waals surface area contributed by atoms with Crippen LogP contribution in [-0.4, -0.2) is 67.6 Å². The zero-order valence-electron chi connectivity index (χ0n) is 19.1. The molecule has 1 aromatic rings. The van der Waals surface area contributed by atoms with Crippen LogP contribution < -0.4 is 10.6 Å². The minimum Gasteiger partial charge on any atom is -0.356 e. The number of guanidine groups is 1. The second-order valence-electron chi connectivity index (χ2n) is 8.93. The van der Waals surface area contributed by atoms with Gasteiger partial charge in [-0.15, -0.1) is 24.0 Å². The van der Waals surface area contributed by atoms with Crippen molar-refractivity contribution < 1.29 is 0 Å². The lowest BCUT2D eigenvalue weighted by Crippen LogP contribution is -2.50. The number of piperidine rings is 1. The fourth-order valence-electron chi connectivity index (χ4n) is 4.71. The van der Waals surface area contributed by atoms with Gasteiger partial charge >= 0.3 is 0 Å². The second-order valence-corrected chi connectivity index (χ2v) is 8.93. The zero-order chi connectivity index (χ0) is 20.5. The van der Waals surface area contributed by atoms with Crippen molar-refractivity contribution in [2.45, 2.75) is 76.5 Å². The number of rotatable bonds is 8. The summed E-state index contributed by atoms with van der Waals surface area (Å²) in [5, 5.41) is 7.19. The maximum Gasteiger partial charge on any atom is 0.191 e. The molecule has 5 nitrogen and oxygen atoms in total. The van der Waals surface area contributed by atoms with Crippen LogP contribution in [0, 0.1) is 0 Å². The van der Waals surface area contributed by atoms with E-state index in [-0.39, 0.29) is 24.0 Å². The average molecular weight is 528 g/mol. The summed E-state index contributed by atoms with van der Waals surface area (Å²) < 4.78 is 0. The van der Waals surface area contributed by atoms with Crippen LogP contribution in [0.2, 0.25) is 0 Å². The monoisotopic (exact) mass is 527 g/mol. The number of halogens is 1. The van der Waals surface area contributed by atoms with Crippen molar-refractivity contribution in [2.24, 2.45) is 4.99 Å². The van der Waals surface area contributed by atoms with Gasteiger partial charge in [-0.2, -0.15) is 0 Å². The fraction of sp³-hybridized carbons (Fsp3) is 0.708. The van der Waals surface area contributed by atoms with E-state index in [0.717, 1.165) is 31.5 Å². The van der Waals surface area contributed by atoms with Gasteiger partial charge in [-0.1, -0.05) is 43.2 Å².